The number of hydrogen-bond acceptors (Lipinski definition) is 2. The minimum absolute atomic E-state index is 0.380. The van der Waals surface area contributed by atoms with Crippen LogP contribution in [0, 0.1) is 0 Å². The van der Waals surface area contributed by atoms with Gasteiger partial charge in [0, 0.05) is 18.1 Å². The average molecular weight is 302 g/mol. The van der Waals surface area contributed by atoms with Crippen LogP contribution in [0.4, 0.5) is 0 Å². The van der Waals surface area contributed by atoms with Crippen molar-refractivity contribution in [2.24, 2.45) is 0 Å². The first-order valence-corrected chi connectivity index (χ1v) is 7.86. The smallest absolute Gasteiger partial charge is 0.115 e. The summed E-state index contributed by atoms with van der Waals surface area (Å²) in [5.74, 6) is 0.380. The predicted octanol–water partition coefficient (Wildman–Crippen LogP) is 4.04. The molecule has 1 aliphatic rings. The van der Waals surface area contributed by atoms with Gasteiger partial charge in [-0.1, -0.05) is 29.8 Å². The van der Waals surface area contributed by atoms with Gasteiger partial charge < -0.3 is 5.11 Å². The maximum Gasteiger partial charge on any atom is 0.115 e. The van der Waals surface area contributed by atoms with Crippen molar-refractivity contribution in [2.45, 2.75) is 25.8 Å². The molecule has 3 heteroatoms. The summed E-state index contributed by atoms with van der Waals surface area (Å²) in [6, 6.07) is 13.9. The Balaban J connectivity index is 1.51. The van der Waals surface area contributed by atoms with Crippen LogP contribution in [-0.2, 0) is 19.4 Å². The molecule has 0 spiro atoms. The number of phenolic OH excluding ortho intramolecular Hbond substituents is 1. The van der Waals surface area contributed by atoms with Gasteiger partial charge in [0.1, 0.15) is 5.75 Å². The van der Waals surface area contributed by atoms with E-state index in [4.69, 9.17) is 11.6 Å². The quantitative estimate of drug-likeness (QED) is 0.921. The van der Waals surface area contributed by atoms with E-state index in [2.05, 4.69) is 23.1 Å². The van der Waals surface area contributed by atoms with Gasteiger partial charge in [-0.15, -0.1) is 0 Å². The molecule has 0 atom stereocenters. The van der Waals surface area contributed by atoms with Crippen LogP contribution >= 0.6 is 11.6 Å². The van der Waals surface area contributed by atoms with Gasteiger partial charge in [0.25, 0.3) is 0 Å². The van der Waals surface area contributed by atoms with Crippen molar-refractivity contribution in [3.63, 3.8) is 0 Å². The molecule has 0 fully saturated rings. The molecule has 0 amide bonds. The lowest BCUT2D eigenvalue weighted by Gasteiger charge is -2.28. The topological polar surface area (TPSA) is 23.5 Å². The van der Waals surface area contributed by atoms with E-state index in [9.17, 15) is 5.11 Å². The van der Waals surface area contributed by atoms with Crippen LogP contribution in [-0.4, -0.2) is 23.1 Å². The van der Waals surface area contributed by atoms with Crippen LogP contribution in [0.3, 0.4) is 0 Å². The normalized spacial score (nSPS) is 14.9. The minimum atomic E-state index is 0.380. The fourth-order valence-electron chi connectivity index (χ4n) is 2.95. The molecule has 0 aliphatic carbocycles. The number of benzene rings is 2. The van der Waals surface area contributed by atoms with Crippen molar-refractivity contribution in [3.8, 4) is 5.75 Å². The molecule has 1 N–H and O–H groups in total. The van der Waals surface area contributed by atoms with Crippen LogP contribution < -0.4 is 0 Å². The Hall–Kier alpha value is -1.51. The molecule has 2 aromatic carbocycles. The Kier molecular flexibility index (Phi) is 4.47. The van der Waals surface area contributed by atoms with Gasteiger partial charge in [-0.2, -0.15) is 0 Å². The highest BCUT2D eigenvalue weighted by molar-refractivity contribution is 6.30. The molecule has 0 unspecified atom stereocenters. The van der Waals surface area contributed by atoms with Crippen LogP contribution in [0.25, 0.3) is 0 Å². The second-order valence-corrected chi connectivity index (χ2v) is 6.15. The predicted molar refractivity (Wildman–Crippen MR) is 86.9 cm³/mol. The molecule has 2 nitrogen and oxygen atoms in total. The lowest BCUT2D eigenvalue weighted by molar-refractivity contribution is 0.251. The Labute approximate surface area is 131 Å². The monoisotopic (exact) mass is 301 g/mol. The van der Waals surface area contributed by atoms with E-state index in [0.29, 0.717) is 5.75 Å². The van der Waals surface area contributed by atoms with Gasteiger partial charge in [0.2, 0.25) is 0 Å². The van der Waals surface area contributed by atoms with Crippen molar-refractivity contribution in [1.29, 1.82) is 0 Å². The largest absolute Gasteiger partial charge is 0.508 e. The van der Waals surface area contributed by atoms with E-state index in [1.807, 2.05) is 18.2 Å². The molecule has 21 heavy (non-hydrogen) atoms. The summed E-state index contributed by atoms with van der Waals surface area (Å²) in [5.41, 5.74) is 4.00. The molecule has 0 radical (unpaired) electrons. The van der Waals surface area contributed by atoms with E-state index >= 15 is 0 Å². The molecule has 0 saturated heterocycles. The number of fused-ring (bicyclic) bond motifs is 1. The number of aryl methyl sites for hydroxylation is 1. The minimum Gasteiger partial charge on any atom is -0.508 e. The maximum atomic E-state index is 9.52. The number of rotatable bonds is 4. The Bertz CT molecular complexity index is 609. The van der Waals surface area contributed by atoms with E-state index in [1.165, 1.54) is 16.7 Å². The first-order valence-electron chi connectivity index (χ1n) is 7.48. The van der Waals surface area contributed by atoms with Gasteiger partial charge in [-0.25, -0.2) is 0 Å². The average Bonchev–Trinajstić information content (AvgIpc) is 2.49. The van der Waals surface area contributed by atoms with Gasteiger partial charge in [-0.3, -0.25) is 4.90 Å². The number of nitrogens with zero attached hydrogens (tertiary/aromatic N) is 1. The molecule has 1 heterocycles. The van der Waals surface area contributed by atoms with Crippen LogP contribution in [0.2, 0.25) is 5.02 Å². The summed E-state index contributed by atoms with van der Waals surface area (Å²) >= 11 is 5.90. The lowest BCUT2D eigenvalue weighted by Crippen LogP contribution is -2.31. The second kappa shape index (κ2) is 6.50. The third-order valence-electron chi connectivity index (χ3n) is 4.13. The molecule has 3 rings (SSSR count). The summed E-state index contributed by atoms with van der Waals surface area (Å²) in [6.07, 6.45) is 3.29. The molecule has 1 aliphatic heterocycles. The van der Waals surface area contributed by atoms with Crippen LogP contribution in [0.15, 0.2) is 42.5 Å². The number of hydrogen-bond donors (Lipinski definition) is 1. The zero-order valence-electron chi connectivity index (χ0n) is 12.1. The lowest BCUT2D eigenvalue weighted by atomic mass is 9.99. The first-order chi connectivity index (χ1) is 10.2. The zero-order chi connectivity index (χ0) is 14.7. The third-order valence-corrected chi connectivity index (χ3v) is 4.39. The molecular weight excluding hydrogens is 282 g/mol. The maximum absolute atomic E-state index is 9.52. The van der Waals surface area contributed by atoms with Crippen molar-refractivity contribution >= 4 is 11.6 Å². The zero-order valence-corrected chi connectivity index (χ0v) is 12.8. The van der Waals surface area contributed by atoms with E-state index in [0.717, 1.165) is 43.9 Å². The third kappa shape index (κ3) is 3.78. The van der Waals surface area contributed by atoms with E-state index in [-0.39, 0.29) is 0 Å². The van der Waals surface area contributed by atoms with E-state index < -0.39 is 0 Å². The Morgan fingerprint density at radius 3 is 2.67 bits per heavy atom. The number of halogens is 1. The SMILES string of the molecule is Oc1ccc2c(c1)CCN(CCCc1ccc(Cl)cc1)C2. The number of phenols is 1. The highest BCUT2D eigenvalue weighted by atomic mass is 35.5. The Morgan fingerprint density at radius 2 is 1.86 bits per heavy atom. The molecule has 0 aromatic heterocycles. The van der Waals surface area contributed by atoms with Gasteiger partial charge in [0.15, 0.2) is 0 Å². The summed E-state index contributed by atoms with van der Waals surface area (Å²) in [4.78, 5) is 2.50. The highest BCUT2D eigenvalue weighted by Crippen LogP contribution is 2.23. The van der Waals surface area contributed by atoms with E-state index in [1.54, 1.807) is 6.07 Å². The van der Waals surface area contributed by atoms with Crippen molar-refractivity contribution in [3.05, 3.63) is 64.2 Å². The summed E-state index contributed by atoms with van der Waals surface area (Å²) in [7, 11) is 0. The van der Waals surface area contributed by atoms with Crippen molar-refractivity contribution < 1.29 is 5.11 Å². The molecule has 0 saturated carbocycles. The van der Waals surface area contributed by atoms with Crippen LogP contribution in [0.5, 0.6) is 5.75 Å². The first kappa shape index (κ1) is 14.4. The fraction of sp³-hybridized carbons (Fsp3) is 0.333. The summed E-state index contributed by atoms with van der Waals surface area (Å²) < 4.78 is 0. The Morgan fingerprint density at radius 1 is 1.05 bits per heavy atom. The van der Waals surface area contributed by atoms with Crippen molar-refractivity contribution in [1.82, 2.24) is 4.90 Å². The standard InChI is InChI=1S/C18H20ClNO/c19-17-6-3-14(4-7-17)2-1-10-20-11-9-15-12-18(21)8-5-16(15)13-20/h3-8,12,21H,1-2,9-11,13H2. The van der Waals surface area contributed by atoms with Gasteiger partial charge >= 0.3 is 0 Å². The summed E-state index contributed by atoms with van der Waals surface area (Å²) in [6.45, 7) is 3.19. The van der Waals surface area contributed by atoms with Crippen molar-refractivity contribution in [2.75, 3.05) is 13.1 Å². The molecule has 0 bridgehead atoms. The highest BCUT2D eigenvalue weighted by Gasteiger charge is 2.15. The summed E-state index contributed by atoms with van der Waals surface area (Å²) in [5, 5.41) is 10.3. The molecule has 110 valence electrons. The van der Waals surface area contributed by atoms with Gasteiger partial charge in [-0.05, 0) is 66.8 Å². The van der Waals surface area contributed by atoms with Gasteiger partial charge in [0.05, 0.1) is 0 Å². The molecular formula is C18H20ClNO. The fourth-order valence-corrected chi connectivity index (χ4v) is 3.07. The van der Waals surface area contributed by atoms with Crippen LogP contribution in [0.1, 0.15) is 23.1 Å². The second-order valence-electron chi connectivity index (χ2n) is 5.71. The number of aromatic hydroxyl groups is 1. The molecule has 2 aromatic rings.